The number of hydrogen-bond acceptors (Lipinski definition) is 4. The van der Waals surface area contributed by atoms with E-state index in [9.17, 15) is 18.4 Å². The van der Waals surface area contributed by atoms with Crippen LogP contribution in [0.4, 0.5) is 20.2 Å². The molecule has 0 bridgehead atoms. The third-order valence-corrected chi connectivity index (χ3v) is 3.16. The number of benzene rings is 2. The van der Waals surface area contributed by atoms with Crippen molar-refractivity contribution in [3.8, 4) is 5.75 Å². The number of hydrogen-bond donors (Lipinski definition) is 1. The van der Waals surface area contributed by atoms with Crippen molar-refractivity contribution in [1.82, 2.24) is 0 Å². The molecule has 0 aliphatic carbocycles. The van der Waals surface area contributed by atoms with Crippen molar-refractivity contribution in [1.29, 1.82) is 0 Å². The minimum absolute atomic E-state index is 0.0180. The van der Waals surface area contributed by atoms with Crippen molar-refractivity contribution in [2.75, 3.05) is 12.4 Å². The normalized spacial score (nSPS) is 10.2. The third-order valence-electron chi connectivity index (χ3n) is 3.16. The molecule has 22 heavy (non-hydrogen) atoms. The maximum absolute atomic E-state index is 13.9. The van der Waals surface area contributed by atoms with Gasteiger partial charge in [0.25, 0.3) is 0 Å². The summed E-state index contributed by atoms with van der Waals surface area (Å²) in [6.07, 6.45) is 0.676. The van der Waals surface area contributed by atoms with E-state index in [1.807, 2.05) is 0 Å². The summed E-state index contributed by atoms with van der Waals surface area (Å²) in [5.41, 5.74) is 0.147. The molecule has 0 radical (unpaired) electrons. The Morgan fingerprint density at radius 3 is 2.27 bits per heavy atom. The zero-order valence-electron chi connectivity index (χ0n) is 11.9. The summed E-state index contributed by atoms with van der Waals surface area (Å²) < 4.78 is 32.8. The number of halogens is 2. The van der Waals surface area contributed by atoms with Gasteiger partial charge in [0.1, 0.15) is 17.4 Å². The molecule has 0 aliphatic rings. The van der Waals surface area contributed by atoms with Crippen molar-refractivity contribution >= 4 is 23.9 Å². The number of nitrogens with one attached hydrogen (secondary N) is 1. The van der Waals surface area contributed by atoms with Crippen LogP contribution in [0.1, 0.15) is 26.3 Å². The second-order valence-electron chi connectivity index (χ2n) is 4.61. The first-order valence-corrected chi connectivity index (χ1v) is 6.35. The van der Waals surface area contributed by atoms with Crippen LogP contribution in [0.2, 0.25) is 0 Å². The molecular formula is C16H13F2NO3. The number of aryl methyl sites for hydroxylation is 1. The van der Waals surface area contributed by atoms with Crippen LogP contribution in [0.15, 0.2) is 24.3 Å². The number of carbonyl (C=O) groups is 2. The minimum Gasteiger partial charge on any atom is -0.496 e. The van der Waals surface area contributed by atoms with E-state index in [4.69, 9.17) is 4.74 Å². The minimum atomic E-state index is -0.868. The largest absolute Gasteiger partial charge is 0.496 e. The number of carbonyl (C=O) groups excluding carboxylic acids is 2. The van der Waals surface area contributed by atoms with E-state index in [0.29, 0.717) is 11.8 Å². The maximum atomic E-state index is 13.9. The summed E-state index contributed by atoms with van der Waals surface area (Å²) in [6, 6.07) is 5.29. The highest BCUT2D eigenvalue weighted by Gasteiger charge is 2.19. The Morgan fingerprint density at radius 2 is 1.73 bits per heavy atom. The van der Waals surface area contributed by atoms with Gasteiger partial charge in [-0.25, -0.2) is 8.78 Å². The predicted octanol–water partition coefficient (Wildman–Crippen LogP) is 3.65. The lowest BCUT2D eigenvalue weighted by Crippen LogP contribution is -2.06. The van der Waals surface area contributed by atoms with E-state index < -0.39 is 11.6 Å². The van der Waals surface area contributed by atoms with Crippen LogP contribution in [0.3, 0.4) is 0 Å². The van der Waals surface area contributed by atoms with Crippen LogP contribution < -0.4 is 10.1 Å². The average Bonchev–Trinajstić information content (AvgIpc) is 2.49. The first-order valence-electron chi connectivity index (χ1n) is 6.35. The van der Waals surface area contributed by atoms with Crippen LogP contribution in [-0.4, -0.2) is 19.7 Å². The van der Waals surface area contributed by atoms with E-state index in [1.54, 1.807) is 13.0 Å². The Kier molecular flexibility index (Phi) is 4.50. The zero-order chi connectivity index (χ0) is 16.3. The fourth-order valence-electron chi connectivity index (χ4n) is 2.05. The van der Waals surface area contributed by atoms with E-state index in [2.05, 4.69) is 5.32 Å². The van der Waals surface area contributed by atoms with E-state index in [0.717, 1.165) is 6.07 Å². The fourth-order valence-corrected chi connectivity index (χ4v) is 2.05. The second-order valence-corrected chi connectivity index (χ2v) is 4.61. The molecule has 0 unspecified atom stereocenters. The van der Waals surface area contributed by atoms with Crippen molar-refractivity contribution in [3.05, 3.63) is 52.6 Å². The SMILES string of the molecule is COc1cc(F)c(C=O)c(Nc2ccc(C)cc2F)c1C=O. The first-order chi connectivity index (χ1) is 10.5. The molecule has 4 nitrogen and oxygen atoms in total. The molecule has 0 amide bonds. The highest BCUT2D eigenvalue weighted by molar-refractivity contribution is 5.98. The van der Waals surface area contributed by atoms with Gasteiger partial charge in [-0.2, -0.15) is 0 Å². The Labute approximate surface area is 125 Å². The number of methoxy groups -OCH3 is 1. The third kappa shape index (κ3) is 2.81. The molecule has 0 spiro atoms. The van der Waals surface area contributed by atoms with Crippen molar-refractivity contribution in [2.24, 2.45) is 0 Å². The van der Waals surface area contributed by atoms with E-state index in [-0.39, 0.29) is 34.5 Å². The van der Waals surface area contributed by atoms with Gasteiger partial charge >= 0.3 is 0 Å². The lowest BCUT2D eigenvalue weighted by Gasteiger charge is -2.15. The lowest BCUT2D eigenvalue weighted by molar-refractivity contribution is 0.111. The highest BCUT2D eigenvalue weighted by Crippen LogP contribution is 2.33. The van der Waals surface area contributed by atoms with E-state index in [1.165, 1.54) is 19.2 Å². The van der Waals surface area contributed by atoms with E-state index >= 15 is 0 Å². The van der Waals surface area contributed by atoms with Crippen LogP contribution in [0.5, 0.6) is 5.75 Å². The molecule has 2 rings (SSSR count). The monoisotopic (exact) mass is 305 g/mol. The smallest absolute Gasteiger partial charge is 0.155 e. The van der Waals surface area contributed by atoms with Gasteiger partial charge in [0.05, 0.1) is 29.6 Å². The molecule has 0 saturated heterocycles. The Morgan fingerprint density at radius 1 is 1.05 bits per heavy atom. The summed E-state index contributed by atoms with van der Waals surface area (Å²) in [7, 11) is 1.26. The Bertz CT molecular complexity index is 745. The van der Waals surface area contributed by atoms with Gasteiger partial charge in [-0.15, -0.1) is 0 Å². The average molecular weight is 305 g/mol. The lowest BCUT2D eigenvalue weighted by atomic mass is 10.1. The molecule has 0 atom stereocenters. The second kappa shape index (κ2) is 6.34. The molecule has 0 saturated carbocycles. The molecule has 0 aliphatic heterocycles. The van der Waals surface area contributed by atoms with Gasteiger partial charge in [0.15, 0.2) is 12.6 Å². The fraction of sp³-hybridized carbons (Fsp3) is 0.125. The van der Waals surface area contributed by atoms with Gasteiger partial charge in [0, 0.05) is 6.07 Å². The van der Waals surface area contributed by atoms with Gasteiger partial charge in [-0.1, -0.05) is 6.07 Å². The Hall–Kier alpha value is -2.76. The number of aldehydes is 2. The summed E-state index contributed by atoms with van der Waals surface area (Å²) >= 11 is 0. The van der Waals surface area contributed by atoms with Gasteiger partial charge in [-0.3, -0.25) is 9.59 Å². The highest BCUT2D eigenvalue weighted by atomic mass is 19.1. The van der Waals surface area contributed by atoms with Crippen molar-refractivity contribution in [2.45, 2.75) is 6.92 Å². The van der Waals surface area contributed by atoms with Crippen molar-refractivity contribution in [3.63, 3.8) is 0 Å². The molecule has 1 N–H and O–H groups in total. The maximum Gasteiger partial charge on any atom is 0.155 e. The van der Waals surface area contributed by atoms with Crippen LogP contribution >= 0.6 is 0 Å². The molecule has 2 aromatic rings. The van der Waals surface area contributed by atoms with Crippen LogP contribution in [-0.2, 0) is 0 Å². The molecule has 0 fully saturated rings. The summed E-state index contributed by atoms with van der Waals surface area (Å²) in [4.78, 5) is 22.4. The molecule has 0 heterocycles. The standard InChI is InChI=1S/C16H13F2NO3/c1-9-3-4-14(13(18)5-9)19-16-10(7-20)12(17)6-15(22-2)11(16)8-21/h3-8,19H,1-2H3. The molecule has 2 aromatic carbocycles. The summed E-state index contributed by atoms with van der Waals surface area (Å²) in [5.74, 6) is -1.50. The van der Waals surface area contributed by atoms with Crippen LogP contribution in [0.25, 0.3) is 0 Å². The predicted molar refractivity (Wildman–Crippen MR) is 78.1 cm³/mol. The first kappa shape index (κ1) is 15.6. The molecule has 6 heteroatoms. The summed E-state index contributed by atoms with van der Waals surface area (Å²) in [5, 5.41) is 2.60. The zero-order valence-corrected chi connectivity index (χ0v) is 11.9. The molecule has 0 aromatic heterocycles. The summed E-state index contributed by atoms with van der Waals surface area (Å²) in [6.45, 7) is 1.71. The quantitative estimate of drug-likeness (QED) is 0.857. The van der Waals surface area contributed by atoms with Crippen LogP contribution in [0, 0.1) is 18.6 Å². The Balaban J connectivity index is 2.64. The number of ether oxygens (including phenoxy) is 1. The topological polar surface area (TPSA) is 55.4 Å². The number of anilines is 2. The molecular weight excluding hydrogens is 292 g/mol. The van der Waals surface area contributed by atoms with Gasteiger partial charge in [0.2, 0.25) is 0 Å². The van der Waals surface area contributed by atoms with Gasteiger partial charge < -0.3 is 10.1 Å². The molecule has 114 valence electrons. The van der Waals surface area contributed by atoms with Crippen molar-refractivity contribution < 1.29 is 23.1 Å². The van der Waals surface area contributed by atoms with Gasteiger partial charge in [-0.05, 0) is 24.6 Å². The number of rotatable bonds is 5.